The van der Waals surface area contributed by atoms with Crippen LogP contribution in [-0.4, -0.2) is 28.8 Å². The highest BCUT2D eigenvalue weighted by Gasteiger charge is 2.31. The number of ether oxygens (including phenoxy) is 2. The molecule has 0 aliphatic heterocycles. The number of fused-ring (bicyclic) bond motifs is 1. The molecule has 0 saturated heterocycles. The number of nitrogens with zero attached hydrogens (tertiary/aromatic N) is 2. The molecule has 4 rings (SSSR count). The van der Waals surface area contributed by atoms with Crippen molar-refractivity contribution in [2.45, 2.75) is 52.7 Å². The van der Waals surface area contributed by atoms with Gasteiger partial charge in [-0.1, -0.05) is 46.2 Å². The molecule has 6 nitrogen and oxygen atoms in total. The van der Waals surface area contributed by atoms with E-state index < -0.39 is 11.5 Å². The molecule has 0 radical (unpaired) electrons. The van der Waals surface area contributed by atoms with Crippen molar-refractivity contribution in [3.05, 3.63) is 84.3 Å². The molecule has 1 heterocycles. The highest BCUT2D eigenvalue weighted by Crippen LogP contribution is 2.32. The summed E-state index contributed by atoms with van der Waals surface area (Å²) < 4.78 is 27.2. The molecule has 0 spiro atoms. The van der Waals surface area contributed by atoms with E-state index in [1.807, 2.05) is 63.2 Å². The van der Waals surface area contributed by atoms with E-state index in [-0.39, 0.29) is 17.8 Å². The third-order valence-electron chi connectivity index (χ3n) is 6.26. The van der Waals surface area contributed by atoms with Crippen LogP contribution in [0.2, 0.25) is 0 Å². The molecule has 2 unspecified atom stereocenters. The van der Waals surface area contributed by atoms with Gasteiger partial charge in [0.05, 0.1) is 30.6 Å². The predicted octanol–water partition coefficient (Wildman–Crippen LogP) is 6.62. The van der Waals surface area contributed by atoms with E-state index in [1.54, 1.807) is 30.1 Å². The lowest BCUT2D eigenvalue weighted by molar-refractivity contribution is -0.130. The largest absolute Gasteiger partial charge is 0.497 e. The number of rotatable bonds is 9. The van der Waals surface area contributed by atoms with Gasteiger partial charge in [0.25, 0.3) is 0 Å². The minimum Gasteiger partial charge on any atom is -0.497 e. The van der Waals surface area contributed by atoms with E-state index in [0.29, 0.717) is 5.75 Å². The Morgan fingerprint density at radius 1 is 1.05 bits per heavy atom. The maximum absolute atomic E-state index is 13.4. The predicted molar refractivity (Wildman–Crippen MR) is 144 cm³/mol. The van der Waals surface area contributed by atoms with Gasteiger partial charge < -0.3 is 14.8 Å². The van der Waals surface area contributed by atoms with E-state index in [1.165, 1.54) is 12.1 Å². The molecule has 1 amide bonds. The van der Waals surface area contributed by atoms with Gasteiger partial charge in [-0.05, 0) is 66.6 Å². The van der Waals surface area contributed by atoms with E-state index in [4.69, 9.17) is 9.47 Å². The summed E-state index contributed by atoms with van der Waals surface area (Å²) in [5, 5.41) is 8.61. The van der Waals surface area contributed by atoms with Gasteiger partial charge in [-0.25, -0.2) is 9.07 Å². The zero-order valence-electron chi connectivity index (χ0n) is 22.0. The van der Waals surface area contributed by atoms with Gasteiger partial charge in [-0.3, -0.25) is 4.79 Å². The molecule has 4 aromatic rings. The quantitative estimate of drug-likeness (QED) is 0.279. The first-order valence-corrected chi connectivity index (χ1v) is 12.5. The van der Waals surface area contributed by atoms with Crippen LogP contribution < -0.4 is 14.8 Å². The average molecular weight is 504 g/mol. The number of aromatic nitrogens is 2. The smallest absolute Gasteiger partial charge is 0.225 e. The molecule has 1 aromatic heterocycles. The Kier molecular flexibility index (Phi) is 7.81. The number of hydrogen-bond donors (Lipinski definition) is 1. The first-order chi connectivity index (χ1) is 17.7. The van der Waals surface area contributed by atoms with Crippen LogP contribution in [0.5, 0.6) is 11.5 Å². The Balaban J connectivity index is 1.70. The molecule has 194 valence electrons. The maximum atomic E-state index is 13.4. The van der Waals surface area contributed by atoms with E-state index >= 15 is 0 Å². The summed E-state index contributed by atoms with van der Waals surface area (Å²) in [6, 6.07) is 19.5. The van der Waals surface area contributed by atoms with Crippen molar-refractivity contribution >= 4 is 16.8 Å². The summed E-state index contributed by atoms with van der Waals surface area (Å²) in [6.45, 7) is 7.80. The van der Waals surface area contributed by atoms with Crippen molar-refractivity contribution < 1.29 is 18.7 Å². The number of hydrogen-bond acceptors (Lipinski definition) is 4. The van der Waals surface area contributed by atoms with Crippen LogP contribution in [0.1, 0.15) is 52.2 Å². The summed E-state index contributed by atoms with van der Waals surface area (Å²) >= 11 is 0. The van der Waals surface area contributed by atoms with Crippen molar-refractivity contribution in [1.29, 1.82) is 0 Å². The molecule has 0 aliphatic rings. The Morgan fingerprint density at radius 3 is 2.49 bits per heavy atom. The van der Waals surface area contributed by atoms with Crippen LogP contribution >= 0.6 is 0 Å². The Bertz CT molecular complexity index is 1360. The molecular weight excluding hydrogens is 469 g/mol. The van der Waals surface area contributed by atoms with E-state index in [9.17, 15) is 9.18 Å². The lowest BCUT2D eigenvalue weighted by Crippen LogP contribution is -2.45. The van der Waals surface area contributed by atoms with Gasteiger partial charge in [-0.15, -0.1) is 0 Å². The van der Waals surface area contributed by atoms with Gasteiger partial charge in [0, 0.05) is 10.8 Å². The highest BCUT2D eigenvalue weighted by atomic mass is 19.1. The van der Waals surface area contributed by atoms with Gasteiger partial charge in [0.15, 0.2) is 0 Å². The van der Waals surface area contributed by atoms with Gasteiger partial charge in [0.2, 0.25) is 5.91 Å². The number of nitrogens with one attached hydrogen (secondary N) is 1. The third kappa shape index (κ3) is 6.10. The molecule has 3 aromatic carbocycles. The van der Waals surface area contributed by atoms with Crippen molar-refractivity contribution in [2.75, 3.05) is 7.11 Å². The number of carbonyl (C=O) groups excluding carboxylic acids is 1. The molecule has 2 atom stereocenters. The maximum Gasteiger partial charge on any atom is 0.225 e. The van der Waals surface area contributed by atoms with Crippen molar-refractivity contribution in [1.82, 2.24) is 15.1 Å². The van der Waals surface area contributed by atoms with Gasteiger partial charge >= 0.3 is 0 Å². The third-order valence-corrected chi connectivity index (χ3v) is 6.26. The number of amides is 1. The second-order valence-electron chi connectivity index (χ2n) is 10.2. The zero-order chi connectivity index (χ0) is 26.6. The first-order valence-electron chi connectivity index (χ1n) is 12.5. The minimum atomic E-state index is -0.529. The lowest BCUT2D eigenvalue weighted by atomic mass is 9.92. The Morgan fingerprint density at radius 2 is 1.81 bits per heavy atom. The van der Waals surface area contributed by atoms with Crippen LogP contribution in [0, 0.1) is 11.2 Å². The van der Waals surface area contributed by atoms with Gasteiger partial charge in [0.1, 0.15) is 23.4 Å². The fraction of sp³-hybridized carbons (Fsp3) is 0.333. The fourth-order valence-electron chi connectivity index (χ4n) is 4.22. The first kappa shape index (κ1) is 26.2. The summed E-state index contributed by atoms with van der Waals surface area (Å²) in [6.07, 6.45) is 2.94. The van der Waals surface area contributed by atoms with Gasteiger partial charge in [-0.2, -0.15) is 5.10 Å². The SMILES string of the molecule is CCCC(NC(=O)C(C)(C)C)C(Oc1ccc2c(cnn2-c2ccc(F)cc2)c1)c1cccc(OC)c1. The van der Waals surface area contributed by atoms with Crippen LogP contribution in [0.15, 0.2) is 72.9 Å². The summed E-state index contributed by atoms with van der Waals surface area (Å²) in [5.74, 6) is 1.06. The molecule has 0 bridgehead atoms. The van der Waals surface area contributed by atoms with Crippen molar-refractivity contribution in [3.63, 3.8) is 0 Å². The van der Waals surface area contributed by atoms with Crippen LogP contribution in [0.25, 0.3) is 16.6 Å². The molecule has 0 aliphatic carbocycles. The summed E-state index contributed by atoms with van der Waals surface area (Å²) in [4.78, 5) is 13.0. The van der Waals surface area contributed by atoms with Crippen LogP contribution in [0.4, 0.5) is 4.39 Å². The molecule has 37 heavy (non-hydrogen) atoms. The second-order valence-corrected chi connectivity index (χ2v) is 10.2. The molecule has 0 fully saturated rings. The zero-order valence-corrected chi connectivity index (χ0v) is 22.0. The van der Waals surface area contributed by atoms with E-state index in [0.717, 1.165) is 40.7 Å². The monoisotopic (exact) mass is 503 g/mol. The normalized spacial score (nSPS) is 13.2. The van der Waals surface area contributed by atoms with Crippen LogP contribution in [-0.2, 0) is 4.79 Å². The Labute approximate surface area is 217 Å². The number of methoxy groups -OCH3 is 1. The van der Waals surface area contributed by atoms with E-state index in [2.05, 4.69) is 17.3 Å². The van der Waals surface area contributed by atoms with Crippen molar-refractivity contribution in [3.8, 4) is 17.2 Å². The average Bonchev–Trinajstić information content (AvgIpc) is 3.30. The molecule has 1 N–H and O–H groups in total. The number of carbonyl (C=O) groups is 1. The molecule has 0 saturated carbocycles. The summed E-state index contributed by atoms with van der Waals surface area (Å²) in [5.41, 5.74) is 2.03. The highest BCUT2D eigenvalue weighted by molar-refractivity contribution is 5.82. The number of benzene rings is 3. The minimum absolute atomic E-state index is 0.0292. The lowest BCUT2D eigenvalue weighted by Gasteiger charge is -2.31. The molecule has 7 heteroatoms. The van der Waals surface area contributed by atoms with Crippen LogP contribution in [0.3, 0.4) is 0 Å². The topological polar surface area (TPSA) is 65.4 Å². The fourth-order valence-corrected chi connectivity index (χ4v) is 4.22. The number of halogens is 1. The molecular formula is C30H34FN3O3. The summed E-state index contributed by atoms with van der Waals surface area (Å²) in [7, 11) is 1.63. The second kappa shape index (κ2) is 11.0. The Hall–Kier alpha value is -3.87. The standard InChI is InChI=1S/C30H34FN3O3/c1-6-8-26(33-29(35)30(2,3)4)28(20-9-7-10-24(17-20)36-5)37-25-15-16-27-21(18-25)19-32-34(27)23-13-11-22(31)12-14-23/h7,9-19,26,28H,6,8H2,1-5H3,(H,33,35). The van der Waals surface area contributed by atoms with Crippen molar-refractivity contribution in [2.24, 2.45) is 5.41 Å².